The average molecular weight is 475 g/mol. The largest absolute Gasteiger partial charge is 0.393 e. The molecule has 194 valence electrons. The Balaban J connectivity index is 1.75. The van der Waals surface area contributed by atoms with Crippen LogP contribution in [0, 0.1) is 51.8 Å². The van der Waals surface area contributed by atoms with Gasteiger partial charge in [0, 0.05) is 17.3 Å². The number of aliphatic hydroxyl groups excluding tert-OH is 3. The predicted octanol–water partition coefficient (Wildman–Crippen LogP) is 5.54. The Morgan fingerprint density at radius 2 is 1.74 bits per heavy atom. The fraction of sp³-hybridized carbons (Fsp3) is 0.900. The summed E-state index contributed by atoms with van der Waals surface area (Å²) in [5.74, 6) is 1.89. The molecule has 4 nitrogen and oxygen atoms in total. The number of hydrogen-bond acceptors (Lipinski definition) is 4. The van der Waals surface area contributed by atoms with Gasteiger partial charge in [0.05, 0.1) is 18.3 Å². The summed E-state index contributed by atoms with van der Waals surface area (Å²) in [7, 11) is 0. The van der Waals surface area contributed by atoms with Crippen molar-refractivity contribution >= 4 is 5.78 Å². The summed E-state index contributed by atoms with van der Waals surface area (Å²) in [6.45, 7) is 17.1. The molecule has 4 rings (SSSR count). The van der Waals surface area contributed by atoms with Gasteiger partial charge in [-0.15, -0.1) is 0 Å². The summed E-state index contributed by atoms with van der Waals surface area (Å²) in [5.41, 5.74) is 1.25. The molecule has 3 fully saturated rings. The molecule has 3 saturated carbocycles. The molecule has 0 aromatic heterocycles. The molecule has 4 aliphatic carbocycles. The van der Waals surface area contributed by atoms with Crippen molar-refractivity contribution in [1.82, 2.24) is 0 Å². The van der Waals surface area contributed by atoms with Gasteiger partial charge < -0.3 is 15.3 Å². The maximum Gasteiger partial charge on any atom is 0.140 e. The first kappa shape index (κ1) is 26.4. The number of Topliss-reactive ketones (excluding diaryl/α,β-unsaturated/α-hetero) is 1. The van der Waals surface area contributed by atoms with Gasteiger partial charge in [-0.3, -0.25) is 4.79 Å². The Bertz CT molecular complexity index is 845. The van der Waals surface area contributed by atoms with Gasteiger partial charge in [-0.2, -0.15) is 0 Å². The lowest BCUT2D eigenvalue weighted by Gasteiger charge is -2.69. The molecule has 3 N–H and O–H groups in total. The van der Waals surface area contributed by atoms with E-state index in [4.69, 9.17) is 0 Å². The first-order valence-electron chi connectivity index (χ1n) is 14.0. The van der Waals surface area contributed by atoms with Gasteiger partial charge in [0.25, 0.3) is 0 Å². The van der Waals surface area contributed by atoms with Crippen molar-refractivity contribution in [2.45, 2.75) is 119 Å². The Kier molecular flexibility index (Phi) is 6.74. The fourth-order valence-corrected chi connectivity index (χ4v) is 10.1. The highest BCUT2D eigenvalue weighted by Gasteiger charge is 2.69. The monoisotopic (exact) mass is 474 g/mol. The van der Waals surface area contributed by atoms with Crippen LogP contribution in [0.4, 0.5) is 0 Å². The van der Waals surface area contributed by atoms with Crippen LogP contribution in [0.15, 0.2) is 11.1 Å². The van der Waals surface area contributed by atoms with Crippen LogP contribution < -0.4 is 0 Å². The van der Waals surface area contributed by atoms with Crippen molar-refractivity contribution in [1.29, 1.82) is 0 Å². The van der Waals surface area contributed by atoms with Crippen molar-refractivity contribution in [3.8, 4) is 0 Å². The Morgan fingerprint density at radius 3 is 2.32 bits per heavy atom. The molecular formula is C30H50O4. The second kappa shape index (κ2) is 8.70. The highest BCUT2D eigenvalue weighted by molar-refractivity contribution is 5.86. The molecule has 0 heterocycles. The number of carbonyl (C=O) groups is 1. The third kappa shape index (κ3) is 3.68. The molecule has 0 amide bonds. The normalized spacial score (nSPS) is 50.8. The minimum absolute atomic E-state index is 0.0478. The molecule has 12 atom stereocenters. The molecular weight excluding hydrogens is 424 g/mol. The first-order chi connectivity index (χ1) is 15.7. The molecule has 12 unspecified atom stereocenters. The Labute approximate surface area is 207 Å². The maximum atomic E-state index is 14.4. The Morgan fingerprint density at radius 1 is 1.09 bits per heavy atom. The number of allylic oxidation sites excluding steroid dienone is 1. The summed E-state index contributed by atoms with van der Waals surface area (Å²) in [6.07, 6.45) is 5.33. The summed E-state index contributed by atoms with van der Waals surface area (Å²) < 4.78 is 0. The number of rotatable bonds is 4. The number of aliphatic hydroxyl groups is 3. The highest BCUT2D eigenvalue weighted by atomic mass is 16.3. The van der Waals surface area contributed by atoms with Gasteiger partial charge in [0.1, 0.15) is 5.78 Å². The van der Waals surface area contributed by atoms with Gasteiger partial charge >= 0.3 is 0 Å². The summed E-state index contributed by atoms with van der Waals surface area (Å²) >= 11 is 0. The van der Waals surface area contributed by atoms with Crippen LogP contribution >= 0.6 is 0 Å². The first-order valence-corrected chi connectivity index (χ1v) is 14.0. The quantitative estimate of drug-likeness (QED) is 0.468. The van der Waals surface area contributed by atoms with Crippen molar-refractivity contribution in [2.75, 3.05) is 0 Å². The zero-order valence-electron chi connectivity index (χ0n) is 22.9. The van der Waals surface area contributed by atoms with E-state index < -0.39 is 17.6 Å². The van der Waals surface area contributed by atoms with Crippen LogP contribution in [-0.2, 0) is 4.79 Å². The molecule has 34 heavy (non-hydrogen) atoms. The van der Waals surface area contributed by atoms with Crippen LogP contribution in [0.25, 0.3) is 0 Å². The summed E-state index contributed by atoms with van der Waals surface area (Å²) in [6, 6.07) is 0. The lowest BCUT2D eigenvalue weighted by molar-refractivity contribution is -0.208. The van der Waals surface area contributed by atoms with Gasteiger partial charge in [-0.1, -0.05) is 40.2 Å². The SMILES string of the molecule is CC1=C(C(C)O)C(O)C2(C)C(C)C3C(=O)C4C(C)CCC(CCC(C)O)C4CC3(C)CC2(C)C1. The van der Waals surface area contributed by atoms with Crippen LogP contribution in [0.3, 0.4) is 0 Å². The van der Waals surface area contributed by atoms with E-state index in [0.29, 0.717) is 23.5 Å². The molecule has 0 bridgehead atoms. The minimum atomic E-state index is -0.723. The second-order valence-electron chi connectivity index (χ2n) is 14.0. The number of fused-ring (bicyclic) bond motifs is 3. The molecule has 0 aliphatic heterocycles. The van der Waals surface area contributed by atoms with Gasteiger partial charge in [0.2, 0.25) is 0 Å². The van der Waals surface area contributed by atoms with E-state index in [1.54, 1.807) is 6.92 Å². The molecule has 0 saturated heterocycles. The number of ketones is 1. The molecule has 4 aliphatic rings. The minimum Gasteiger partial charge on any atom is -0.393 e. The lowest BCUT2D eigenvalue weighted by atomic mass is 9.35. The number of hydrogen-bond donors (Lipinski definition) is 3. The fourth-order valence-electron chi connectivity index (χ4n) is 10.1. The molecule has 4 heteroatoms. The van der Waals surface area contributed by atoms with Crippen LogP contribution in [0.1, 0.15) is 100 Å². The third-order valence-electron chi connectivity index (χ3n) is 11.7. The zero-order valence-corrected chi connectivity index (χ0v) is 22.9. The van der Waals surface area contributed by atoms with Gasteiger partial charge in [0.15, 0.2) is 0 Å². The van der Waals surface area contributed by atoms with E-state index in [9.17, 15) is 20.1 Å². The van der Waals surface area contributed by atoms with E-state index in [-0.39, 0.29) is 34.7 Å². The van der Waals surface area contributed by atoms with Crippen molar-refractivity contribution in [3.63, 3.8) is 0 Å². The lowest BCUT2D eigenvalue weighted by Crippen LogP contribution is -2.67. The average Bonchev–Trinajstić information content (AvgIpc) is 2.69. The van der Waals surface area contributed by atoms with Crippen LogP contribution in [0.5, 0.6) is 0 Å². The summed E-state index contributed by atoms with van der Waals surface area (Å²) in [5, 5.41) is 32.2. The zero-order chi connectivity index (χ0) is 25.4. The van der Waals surface area contributed by atoms with Crippen LogP contribution in [0.2, 0.25) is 0 Å². The Hall–Kier alpha value is -0.710. The second-order valence-corrected chi connectivity index (χ2v) is 14.0. The molecule has 0 aromatic carbocycles. The van der Waals surface area contributed by atoms with Crippen LogP contribution in [-0.4, -0.2) is 39.4 Å². The smallest absolute Gasteiger partial charge is 0.140 e. The van der Waals surface area contributed by atoms with E-state index in [1.807, 2.05) is 6.92 Å². The molecule has 0 radical (unpaired) electrons. The highest BCUT2D eigenvalue weighted by Crippen LogP contribution is 2.71. The van der Waals surface area contributed by atoms with E-state index >= 15 is 0 Å². The van der Waals surface area contributed by atoms with Crippen molar-refractivity contribution < 1.29 is 20.1 Å². The van der Waals surface area contributed by atoms with E-state index in [1.165, 1.54) is 6.42 Å². The van der Waals surface area contributed by atoms with Crippen molar-refractivity contribution in [3.05, 3.63) is 11.1 Å². The topological polar surface area (TPSA) is 77.8 Å². The number of carbonyl (C=O) groups excluding carboxylic acids is 1. The van der Waals surface area contributed by atoms with E-state index in [2.05, 4.69) is 41.5 Å². The van der Waals surface area contributed by atoms with Gasteiger partial charge in [-0.05, 0) is 106 Å². The summed E-state index contributed by atoms with van der Waals surface area (Å²) in [4.78, 5) is 14.4. The van der Waals surface area contributed by atoms with E-state index in [0.717, 1.165) is 49.7 Å². The van der Waals surface area contributed by atoms with Gasteiger partial charge in [-0.25, -0.2) is 0 Å². The standard InChI is InChI=1S/C30H50O4/c1-16-9-11-21(12-10-18(3)31)22-14-28(6)15-29(7)13-17(2)23(20(5)32)27(34)30(29,8)19(4)25(28)26(33)24(16)22/h16,18-22,24-25,27,31-32,34H,9-15H2,1-8H3. The third-order valence-corrected chi connectivity index (χ3v) is 11.7. The maximum absolute atomic E-state index is 14.4. The predicted molar refractivity (Wildman–Crippen MR) is 136 cm³/mol. The van der Waals surface area contributed by atoms with Crippen molar-refractivity contribution in [2.24, 2.45) is 51.8 Å². The molecule has 0 spiro atoms. The molecule has 0 aromatic rings.